The number of pyridine rings is 1. The molecule has 0 amide bonds. The summed E-state index contributed by atoms with van der Waals surface area (Å²) in [5.74, 6) is -0.481. The molecule has 2 heterocycles. The fourth-order valence-corrected chi connectivity index (χ4v) is 1.94. The van der Waals surface area contributed by atoms with Gasteiger partial charge in [0.15, 0.2) is 0 Å². The van der Waals surface area contributed by atoms with Gasteiger partial charge >= 0.3 is 0 Å². The van der Waals surface area contributed by atoms with Crippen LogP contribution in [0.2, 0.25) is 0 Å². The maximum absolute atomic E-state index is 13.9. The van der Waals surface area contributed by atoms with Crippen molar-refractivity contribution < 1.29 is 8.78 Å². The molecule has 2 atom stereocenters. The molecule has 0 aromatic carbocycles. The second kappa shape index (κ2) is 4.66. The molecule has 1 aromatic heterocycles. The highest BCUT2D eigenvalue weighted by atomic mass is 19.1. The molecule has 1 N–H and O–H groups in total. The Hall–Kier alpha value is -1.03. The third-order valence-corrected chi connectivity index (χ3v) is 2.75. The number of aromatic nitrogens is 1. The van der Waals surface area contributed by atoms with E-state index in [0.29, 0.717) is 5.56 Å². The van der Waals surface area contributed by atoms with Crippen LogP contribution in [0.1, 0.15) is 31.0 Å². The minimum absolute atomic E-state index is 0.192. The first-order valence-electron chi connectivity index (χ1n) is 5.25. The first-order valence-corrected chi connectivity index (χ1v) is 5.25. The largest absolute Gasteiger partial charge is 0.311 e. The van der Waals surface area contributed by atoms with Gasteiger partial charge in [-0.25, -0.2) is 8.78 Å². The molecule has 2 unspecified atom stereocenters. The van der Waals surface area contributed by atoms with E-state index in [0.717, 1.165) is 32.0 Å². The molecule has 0 aliphatic carbocycles. The Morgan fingerprint density at radius 1 is 1.40 bits per heavy atom. The SMILES string of the molecule is Fc1cncc(C(F)C2CCCCN2)c1. The fraction of sp³-hybridized carbons (Fsp3) is 0.545. The summed E-state index contributed by atoms with van der Waals surface area (Å²) < 4.78 is 26.8. The zero-order chi connectivity index (χ0) is 10.7. The molecule has 82 valence electrons. The van der Waals surface area contributed by atoms with Gasteiger partial charge in [0.1, 0.15) is 12.0 Å². The molecule has 4 heteroatoms. The molecule has 15 heavy (non-hydrogen) atoms. The smallest absolute Gasteiger partial charge is 0.142 e. The normalized spacial score (nSPS) is 23.7. The lowest BCUT2D eigenvalue weighted by Gasteiger charge is -2.26. The highest BCUT2D eigenvalue weighted by Gasteiger charge is 2.24. The van der Waals surface area contributed by atoms with E-state index in [1.807, 2.05) is 0 Å². The third-order valence-electron chi connectivity index (χ3n) is 2.75. The van der Waals surface area contributed by atoms with Crippen molar-refractivity contribution in [1.29, 1.82) is 0 Å². The average molecular weight is 212 g/mol. The molecule has 1 saturated heterocycles. The average Bonchev–Trinajstić information content (AvgIpc) is 2.29. The Balaban J connectivity index is 2.08. The van der Waals surface area contributed by atoms with Crippen LogP contribution in [0.15, 0.2) is 18.5 Å². The van der Waals surface area contributed by atoms with Crippen molar-refractivity contribution in [2.75, 3.05) is 6.54 Å². The summed E-state index contributed by atoms with van der Waals surface area (Å²) in [5.41, 5.74) is 0.328. The highest BCUT2D eigenvalue weighted by molar-refractivity contribution is 5.15. The summed E-state index contributed by atoms with van der Waals surface area (Å²) in [6, 6.07) is 1.02. The molecule has 0 saturated carbocycles. The predicted octanol–water partition coefficient (Wildman–Crippen LogP) is 2.37. The number of piperidine rings is 1. The summed E-state index contributed by atoms with van der Waals surface area (Å²) in [7, 11) is 0. The van der Waals surface area contributed by atoms with Crippen LogP contribution < -0.4 is 5.32 Å². The highest BCUT2D eigenvalue weighted by Crippen LogP contribution is 2.26. The maximum atomic E-state index is 13.9. The lowest BCUT2D eigenvalue weighted by molar-refractivity contribution is 0.220. The summed E-state index contributed by atoms with van der Waals surface area (Å²) in [4.78, 5) is 3.66. The van der Waals surface area contributed by atoms with Crippen molar-refractivity contribution in [1.82, 2.24) is 10.3 Å². The van der Waals surface area contributed by atoms with Gasteiger partial charge in [0, 0.05) is 17.8 Å². The lowest BCUT2D eigenvalue weighted by atomic mass is 9.97. The number of hydrogen-bond acceptors (Lipinski definition) is 2. The van der Waals surface area contributed by atoms with E-state index >= 15 is 0 Å². The molecule has 2 rings (SSSR count). The quantitative estimate of drug-likeness (QED) is 0.814. The van der Waals surface area contributed by atoms with Crippen molar-refractivity contribution >= 4 is 0 Å². The number of nitrogens with zero attached hydrogens (tertiary/aromatic N) is 1. The van der Waals surface area contributed by atoms with Crippen LogP contribution in [0.5, 0.6) is 0 Å². The zero-order valence-electron chi connectivity index (χ0n) is 8.42. The van der Waals surface area contributed by atoms with E-state index in [2.05, 4.69) is 10.3 Å². The van der Waals surface area contributed by atoms with E-state index in [4.69, 9.17) is 0 Å². The third kappa shape index (κ3) is 2.50. The van der Waals surface area contributed by atoms with Crippen LogP contribution in [0, 0.1) is 5.82 Å². The van der Waals surface area contributed by atoms with Gasteiger partial charge in [0.2, 0.25) is 0 Å². The van der Waals surface area contributed by atoms with Gasteiger partial charge in [-0.15, -0.1) is 0 Å². The second-order valence-electron chi connectivity index (χ2n) is 3.89. The van der Waals surface area contributed by atoms with Gasteiger partial charge in [0.25, 0.3) is 0 Å². The van der Waals surface area contributed by atoms with Gasteiger partial charge in [-0.1, -0.05) is 6.42 Å². The van der Waals surface area contributed by atoms with Crippen molar-refractivity contribution in [3.63, 3.8) is 0 Å². The minimum atomic E-state index is -1.16. The maximum Gasteiger partial charge on any atom is 0.142 e. The van der Waals surface area contributed by atoms with Gasteiger partial charge in [-0.05, 0) is 25.5 Å². The molecule has 0 radical (unpaired) electrons. The molecule has 0 bridgehead atoms. The Morgan fingerprint density at radius 3 is 2.93 bits per heavy atom. The fourth-order valence-electron chi connectivity index (χ4n) is 1.94. The predicted molar refractivity (Wildman–Crippen MR) is 53.7 cm³/mol. The molecule has 1 aliphatic rings. The first kappa shape index (κ1) is 10.5. The van der Waals surface area contributed by atoms with Crippen molar-refractivity contribution in [3.05, 3.63) is 29.8 Å². The number of halogens is 2. The Labute approximate surface area is 87.7 Å². The molecule has 1 aromatic rings. The molecular weight excluding hydrogens is 198 g/mol. The molecule has 1 aliphatic heterocycles. The minimum Gasteiger partial charge on any atom is -0.311 e. The number of rotatable bonds is 2. The standard InChI is InChI=1S/C11H14F2N2/c12-9-5-8(6-14-7-9)11(13)10-3-1-2-4-15-10/h5-7,10-11,15H,1-4H2. The van der Waals surface area contributed by atoms with Gasteiger partial charge < -0.3 is 5.32 Å². The first-order chi connectivity index (χ1) is 7.27. The van der Waals surface area contributed by atoms with E-state index < -0.39 is 12.0 Å². The van der Waals surface area contributed by atoms with Crippen molar-refractivity contribution in [3.8, 4) is 0 Å². The van der Waals surface area contributed by atoms with Crippen LogP contribution in [0.25, 0.3) is 0 Å². The summed E-state index contributed by atoms with van der Waals surface area (Å²) >= 11 is 0. The second-order valence-corrected chi connectivity index (χ2v) is 3.89. The van der Waals surface area contributed by atoms with Crippen LogP contribution in [-0.4, -0.2) is 17.6 Å². The van der Waals surface area contributed by atoms with Crippen LogP contribution in [0.3, 0.4) is 0 Å². The zero-order valence-corrected chi connectivity index (χ0v) is 8.42. The topological polar surface area (TPSA) is 24.9 Å². The van der Waals surface area contributed by atoms with Crippen LogP contribution in [0.4, 0.5) is 8.78 Å². The van der Waals surface area contributed by atoms with Crippen molar-refractivity contribution in [2.45, 2.75) is 31.5 Å². The number of nitrogens with one attached hydrogen (secondary N) is 1. The Bertz CT molecular complexity index is 324. The molecule has 0 spiro atoms. The van der Waals surface area contributed by atoms with Gasteiger partial charge in [-0.2, -0.15) is 0 Å². The van der Waals surface area contributed by atoms with Crippen molar-refractivity contribution in [2.24, 2.45) is 0 Å². The van der Waals surface area contributed by atoms with Crippen LogP contribution >= 0.6 is 0 Å². The van der Waals surface area contributed by atoms with E-state index in [1.54, 1.807) is 0 Å². The van der Waals surface area contributed by atoms with Gasteiger partial charge in [0.05, 0.1) is 6.20 Å². The lowest BCUT2D eigenvalue weighted by Crippen LogP contribution is -2.37. The Morgan fingerprint density at radius 2 is 2.27 bits per heavy atom. The summed E-state index contributed by atoms with van der Waals surface area (Å²) in [6.07, 6.45) is 4.24. The number of alkyl halides is 1. The summed E-state index contributed by atoms with van der Waals surface area (Å²) in [5, 5.41) is 3.11. The monoisotopic (exact) mass is 212 g/mol. The van der Waals surface area contributed by atoms with E-state index in [1.165, 1.54) is 12.3 Å². The molecular formula is C11H14F2N2. The molecule has 1 fully saturated rings. The number of hydrogen-bond donors (Lipinski definition) is 1. The summed E-state index contributed by atoms with van der Waals surface area (Å²) in [6.45, 7) is 0.841. The van der Waals surface area contributed by atoms with Gasteiger partial charge in [-0.3, -0.25) is 4.98 Å². The van der Waals surface area contributed by atoms with Crippen LogP contribution in [-0.2, 0) is 0 Å². The van der Waals surface area contributed by atoms with E-state index in [9.17, 15) is 8.78 Å². The van der Waals surface area contributed by atoms with E-state index in [-0.39, 0.29) is 6.04 Å². The molecule has 2 nitrogen and oxygen atoms in total. The Kier molecular flexibility index (Phi) is 3.26.